The number of rotatable bonds is 4. The Bertz CT molecular complexity index is 681. The van der Waals surface area contributed by atoms with Crippen LogP contribution in [-0.2, 0) is 6.42 Å². The fourth-order valence-corrected chi connectivity index (χ4v) is 2.76. The van der Waals surface area contributed by atoms with Crippen LogP contribution < -0.4 is 5.32 Å². The van der Waals surface area contributed by atoms with Gasteiger partial charge < -0.3 is 5.32 Å². The van der Waals surface area contributed by atoms with E-state index in [1.54, 1.807) is 12.3 Å². The first-order valence-corrected chi connectivity index (χ1v) is 6.86. The van der Waals surface area contributed by atoms with E-state index in [1.807, 2.05) is 23.6 Å². The maximum absolute atomic E-state index is 13.8. The highest BCUT2D eigenvalue weighted by atomic mass is 32.1. The summed E-state index contributed by atoms with van der Waals surface area (Å²) in [6.45, 7) is 0.714. The molecule has 0 saturated heterocycles. The lowest BCUT2D eigenvalue weighted by Gasteiger charge is -2.05. The Morgan fingerprint density at radius 2 is 2.21 bits per heavy atom. The molecule has 0 bridgehead atoms. The monoisotopic (exact) mass is 273 g/mol. The molecule has 2 aromatic heterocycles. The zero-order valence-electron chi connectivity index (χ0n) is 10.1. The fraction of sp³-hybridized carbons (Fsp3) is 0.143. The largest absolute Gasteiger partial charge is 0.370 e. The second-order valence-corrected chi connectivity index (χ2v) is 5.10. The zero-order chi connectivity index (χ0) is 13.1. The molecular weight excluding hydrogens is 261 g/mol. The molecule has 5 heteroatoms. The van der Waals surface area contributed by atoms with Gasteiger partial charge in [0.15, 0.2) is 0 Å². The summed E-state index contributed by atoms with van der Waals surface area (Å²) < 4.78 is 14.5. The molecule has 2 heterocycles. The molecule has 0 aliphatic carbocycles. The number of hydrogen-bond donors (Lipinski definition) is 1. The first kappa shape index (κ1) is 12.0. The maximum atomic E-state index is 13.8. The Kier molecular flexibility index (Phi) is 3.37. The third-order valence-electron chi connectivity index (χ3n) is 2.87. The number of benzene rings is 1. The van der Waals surface area contributed by atoms with Crippen LogP contribution in [0.5, 0.6) is 0 Å². The van der Waals surface area contributed by atoms with E-state index in [0.29, 0.717) is 6.54 Å². The van der Waals surface area contributed by atoms with Gasteiger partial charge in [-0.3, -0.25) is 0 Å². The van der Waals surface area contributed by atoms with Crippen molar-refractivity contribution in [2.45, 2.75) is 6.42 Å². The Hall–Kier alpha value is -2.01. The number of nitrogens with zero attached hydrogens (tertiary/aromatic N) is 2. The number of hydrogen-bond acceptors (Lipinski definition) is 4. The average molecular weight is 273 g/mol. The van der Waals surface area contributed by atoms with Crippen LogP contribution in [0.25, 0.3) is 10.1 Å². The molecule has 96 valence electrons. The molecule has 0 radical (unpaired) electrons. The Morgan fingerprint density at radius 3 is 3.05 bits per heavy atom. The van der Waals surface area contributed by atoms with Gasteiger partial charge in [0.25, 0.3) is 0 Å². The number of fused-ring (bicyclic) bond motifs is 1. The highest BCUT2D eigenvalue weighted by molar-refractivity contribution is 7.17. The van der Waals surface area contributed by atoms with Crippen LogP contribution in [0.2, 0.25) is 0 Å². The summed E-state index contributed by atoms with van der Waals surface area (Å²) in [7, 11) is 0. The molecule has 0 fully saturated rings. The first-order valence-electron chi connectivity index (χ1n) is 5.98. The van der Waals surface area contributed by atoms with Gasteiger partial charge in [-0.2, -0.15) is 0 Å². The highest BCUT2D eigenvalue weighted by Crippen LogP contribution is 2.25. The second-order valence-electron chi connectivity index (χ2n) is 4.19. The quantitative estimate of drug-likeness (QED) is 0.790. The minimum Gasteiger partial charge on any atom is -0.370 e. The smallest absolute Gasteiger partial charge is 0.141 e. The van der Waals surface area contributed by atoms with Gasteiger partial charge in [0.2, 0.25) is 0 Å². The average Bonchev–Trinajstić information content (AvgIpc) is 2.89. The van der Waals surface area contributed by atoms with E-state index in [0.717, 1.165) is 27.9 Å². The third-order valence-corrected chi connectivity index (χ3v) is 3.81. The van der Waals surface area contributed by atoms with E-state index >= 15 is 0 Å². The minimum atomic E-state index is -0.135. The summed E-state index contributed by atoms with van der Waals surface area (Å²) in [6.07, 6.45) is 3.94. The lowest BCUT2D eigenvalue weighted by Crippen LogP contribution is -2.06. The Balaban J connectivity index is 1.68. The molecule has 0 unspecified atom stereocenters. The summed E-state index contributed by atoms with van der Waals surface area (Å²) in [5, 5.41) is 6.07. The van der Waals surface area contributed by atoms with Crippen molar-refractivity contribution in [1.29, 1.82) is 0 Å². The summed E-state index contributed by atoms with van der Waals surface area (Å²) in [4.78, 5) is 7.93. The summed E-state index contributed by atoms with van der Waals surface area (Å²) in [5.74, 6) is 0.650. The Morgan fingerprint density at radius 1 is 1.26 bits per heavy atom. The molecule has 3 aromatic rings. The van der Waals surface area contributed by atoms with E-state index in [1.165, 1.54) is 17.7 Å². The molecule has 0 atom stereocenters. The van der Waals surface area contributed by atoms with Crippen molar-refractivity contribution in [2.24, 2.45) is 0 Å². The lowest BCUT2D eigenvalue weighted by molar-refractivity contribution is 0.639. The van der Waals surface area contributed by atoms with E-state index in [9.17, 15) is 4.39 Å². The molecular formula is C14H12FN3S. The number of thiophene rings is 1. The normalized spacial score (nSPS) is 10.8. The molecule has 0 aliphatic heterocycles. The van der Waals surface area contributed by atoms with Crippen LogP contribution in [0.15, 0.2) is 42.2 Å². The predicted molar refractivity (Wildman–Crippen MR) is 76.0 cm³/mol. The standard InChI is InChI=1S/C14H12FN3S/c15-12-8-10(7-11-3-6-19-14(11)12)1-5-17-13-2-4-16-9-18-13/h2-4,6-9H,1,5H2,(H,16,17,18). The molecule has 0 spiro atoms. The van der Waals surface area contributed by atoms with Crippen molar-refractivity contribution >= 4 is 27.2 Å². The van der Waals surface area contributed by atoms with Crippen molar-refractivity contribution in [2.75, 3.05) is 11.9 Å². The SMILES string of the molecule is Fc1cc(CCNc2ccncn2)cc2ccsc12. The molecule has 19 heavy (non-hydrogen) atoms. The number of anilines is 1. The van der Waals surface area contributed by atoms with Gasteiger partial charge in [0.05, 0.1) is 4.70 Å². The van der Waals surface area contributed by atoms with E-state index in [2.05, 4.69) is 15.3 Å². The third kappa shape index (κ3) is 2.71. The highest BCUT2D eigenvalue weighted by Gasteiger charge is 2.05. The van der Waals surface area contributed by atoms with Gasteiger partial charge in [0, 0.05) is 12.7 Å². The first-order chi connectivity index (χ1) is 9.33. The molecule has 3 rings (SSSR count). The summed E-state index contributed by atoms with van der Waals surface area (Å²) in [6, 6.07) is 7.41. The van der Waals surface area contributed by atoms with Crippen LogP contribution in [0.1, 0.15) is 5.56 Å². The van der Waals surface area contributed by atoms with Gasteiger partial charge >= 0.3 is 0 Å². The molecule has 0 amide bonds. The minimum absolute atomic E-state index is 0.135. The van der Waals surface area contributed by atoms with Crippen LogP contribution in [0.3, 0.4) is 0 Å². The molecule has 0 aliphatic rings. The predicted octanol–water partition coefficient (Wildman–Crippen LogP) is 3.49. The van der Waals surface area contributed by atoms with E-state index in [4.69, 9.17) is 0 Å². The second kappa shape index (κ2) is 5.32. The van der Waals surface area contributed by atoms with Gasteiger partial charge in [-0.15, -0.1) is 11.3 Å². The van der Waals surface area contributed by atoms with Crippen molar-refractivity contribution in [3.05, 3.63) is 53.6 Å². The lowest BCUT2D eigenvalue weighted by atomic mass is 10.1. The van der Waals surface area contributed by atoms with Gasteiger partial charge in [-0.05, 0) is 40.9 Å². The van der Waals surface area contributed by atoms with Gasteiger partial charge in [-0.1, -0.05) is 6.07 Å². The molecule has 1 N–H and O–H groups in total. The number of nitrogens with one attached hydrogen (secondary N) is 1. The van der Waals surface area contributed by atoms with Crippen LogP contribution in [-0.4, -0.2) is 16.5 Å². The van der Waals surface area contributed by atoms with Crippen molar-refractivity contribution in [3.8, 4) is 0 Å². The molecule has 3 nitrogen and oxygen atoms in total. The molecule has 0 saturated carbocycles. The summed E-state index contributed by atoms with van der Waals surface area (Å²) in [5.41, 5.74) is 0.991. The van der Waals surface area contributed by atoms with Crippen LogP contribution in [0, 0.1) is 5.82 Å². The number of aromatic nitrogens is 2. The van der Waals surface area contributed by atoms with Crippen molar-refractivity contribution < 1.29 is 4.39 Å². The molecule has 1 aromatic carbocycles. The van der Waals surface area contributed by atoms with E-state index < -0.39 is 0 Å². The zero-order valence-corrected chi connectivity index (χ0v) is 11.0. The topological polar surface area (TPSA) is 37.8 Å². The fourth-order valence-electron chi connectivity index (χ4n) is 1.97. The van der Waals surface area contributed by atoms with Crippen molar-refractivity contribution in [1.82, 2.24) is 9.97 Å². The maximum Gasteiger partial charge on any atom is 0.141 e. The number of halogens is 1. The van der Waals surface area contributed by atoms with Gasteiger partial charge in [-0.25, -0.2) is 14.4 Å². The Labute approximate surface area is 114 Å². The van der Waals surface area contributed by atoms with Crippen LogP contribution in [0.4, 0.5) is 10.2 Å². The van der Waals surface area contributed by atoms with E-state index in [-0.39, 0.29) is 5.82 Å². The summed E-state index contributed by atoms with van der Waals surface area (Å²) >= 11 is 1.44. The van der Waals surface area contributed by atoms with Crippen molar-refractivity contribution in [3.63, 3.8) is 0 Å². The van der Waals surface area contributed by atoms with Gasteiger partial charge in [0.1, 0.15) is 18.0 Å². The van der Waals surface area contributed by atoms with Crippen LogP contribution >= 0.6 is 11.3 Å².